The van der Waals surface area contributed by atoms with Gasteiger partial charge in [0.25, 0.3) is 0 Å². The second-order valence-electron chi connectivity index (χ2n) is 4.46. The van der Waals surface area contributed by atoms with Gasteiger partial charge < -0.3 is 4.90 Å². The first-order valence-corrected chi connectivity index (χ1v) is 5.83. The normalized spacial score (nSPS) is 16.9. The SMILES string of the molecule is CN(C)c1cccc(C2=CC3=CNON3C=C2)c1. The van der Waals surface area contributed by atoms with Crippen molar-refractivity contribution in [1.82, 2.24) is 10.5 Å². The number of anilines is 1. The van der Waals surface area contributed by atoms with Crippen molar-refractivity contribution >= 4 is 11.3 Å². The average molecular weight is 241 g/mol. The molecular weight excluding hydrogens is 226 g/mol. The first-order chi connectivity index (χ1) is 8.74. The maximum atomic E-state index is 5.15. The van der Waals surface area contributed by atoms with E-state index >= 15 is 0 Å². The monoisotopic (exact) mass is 241 g/mol. The Morgan fingerprint density at radius 2 is 2.17 bits per heavy atom. The highest BCUT2D eigenvalue weighted by molar-refractivity contribution is 5.78. The van der Waals surface area contributed by atoms with Gasteiger partial charge in [-0.1, -0.05) is 12.1 Å². The van der Waals surface area contributed by atoms with Crippen LogP contribution in [-0.2, 0) is 4.94 Å². The Hall–Kier alpha value is -2.20. The number of benzene rings is 1. The Balaban J connectivity index is 1.96. The van der Waals surface area contributed by atoms with Gasteiger partial charge in [-0.3, -0.25) is 0 Å². The Morgan fingerprint density at radius 3 is 3.00 bits per heavy atom. The van der Waals surface area contributed by atoms with Gasteiger partial charge in [0, 0.05) is 26.0 Å². The Labute approximate surface area is 106 Å². The minimum atomic E-state index is 1.00. The predicted octanol–water partition coefficient (Wildman–Crippen LogP) is 2.26. The van der Waals surface area contributed by atoms with E-state index in [-0.39, 0.29) is 0 Å². The molecule has 2 aliphatic rings. The van der Waals surface area contributed by atoms with Crippen molar-refractivity contribution in [3.63, 3.8) is 0 Å². The van der Waals surface area contributed by atoms with Crippen LogP contribution in [0.2, 0.25) is 0 Å². The largest absolute Gasteiger partial charge is 0.378 e. The second-order valence-corrected chi connectivity index (χ2v) is 4.46. The number of nitrogens with zero attached hydrogens (tertiary/aromatic N) is 2. The van der Waals surface area contributed by atoms with Crippen LogP contribution in [0.1, 0.15) is 5.56 Å². The standard InChI is InChI=1S/C14H15N3O/c1-16(2)13-5-3-4-11(8-13)12-6-7-17-14(9-12)10-15-18-17/h3-10,15H,1-2H3. The van der Waals surface area contributed by atoms with Crippen LogP contribution in [0, 0.1) is 0 Å². The predicted molar refractivity (Wildman–Crippen MR) is 72.0 cm³/mol. The number of hydrogen-bond donors (Lipinski definition) is 1. The Bertz CT molecular complexity index is 558. The molecule has 4 heteroatoms. The summed E-state index contributed by atoms with van der Waals surface area (Å²) >= 11 is 0. The molecule has 0 atom stereocenters. The quantitative estimate of drug-likeness (QED) is 0.859. The lowest BCUT2D eigenvalue weighted by molar-refractivity contribution is -0.112. The average Bonchev–Trinajstić information content (AvgIpc) is 2.86. The van der Waals surface area contributed by atoms with E-state index in [4.69, 9.17) is 4.94 Å². The topological polar surface area (TPSA) is 27.7 Å². The van der Waals surface area contributed by atoms with E-state index in [2.05, 4.69) is 40.7 Å². The van der Waals surface area contributed by atoms with E-state index < -0.39 is 0 Å². The van der Waals surface area contributed by atoms with Crippen molar-refractivity contribution in [1.29, 1.82) is 0 Å². The fourth-order valence-electron chi connectivity index (χ4n) is 1.98. The number of allylic oxidation sites excluding steroid dienone is 3. The summed E-state index contributed by atoms with van der Waals surface area (Å²) in [6, 6.07) is 8.46. The van der Waals surface area contributed by atoms with Gasteiger partial charge in [-0.25, -0.2) is 10.5 Å². The first kappa shape index (κ1) is 10.9. The minimum absolute atomic E-state index is 1.00. The Kier molecular flexibility index (Phi) is 2.57. The lowest BCUT2D eigenvalue weighted by atomic mass is 10.0. The van der Waals surface area contributed by atoms with Crippen molar-refractivity contribution in [3.05, 3.63) is 60.1 Å². The lowest BCUT2D eigenvalue weighted by Crippen LogP contribution is -2.15. The molecule has 2 aliphatic heterocycles. The molecule has 0 radical (unpaired) electrons. The molecule has 2 heterocycles. The van der Waals surface area contributed by atoms with Gasteiger partial charge in [0.05, 0.1) is 11.9 Å². The minimum Gasteiger partial charge on any atom is -0.378 e. The van der Waals surface area contributed by atoms with Crippen LogP contribution in [0.5, 0.6) is 0 Å². The highest BCUT2D eigenvalue weighted by Gasteiger charge is 2.16. The van der Waals surface area contributed by atoms with E-state index in [1.54, 1.807) is 5.06 Å². The van der Waals surface area contributed by atoms with Gasteiger partial charge in [-0.2, -0.15) is 4.94 Å². The summed E-state index contributed by atoms with van der Waals surface area (Å²) in [5.41, 5.74) is 7.30. The molecule has 1 N–H and O–H groups in total. The smallest absolute Gasteiger partial charge is 0.0900 e. The molecule has 0 unspecified atom stereocenters. The first-order valence-electron chi connectivity index (χ1n) is 5.83. The van der Waals surface area contributed by atoms with Gasteiger partial charge in [-0.05, 0) is 35.4 Å². The summed E-state index contributed by atoms with van der Waals surface area (Å²) in [5.74, 6) is 0. The molecule has 92 valence electrons. The molecule has 1 aromatic carbocycles. The molecule has 0 saturated carbocycles. The van der Waals surface area contributed by atoms with Crippen LogP contribution in [0.3, 0.4) is 0 Å². The van der Waals surface area contributed by atoms with Crippen molar-refractivity contribution in [3.8, 4) is 0 Å². The van der Waals surface area contributed by atoms with Crippen molar-refractivity contribution in [2.24, 2.45) is 0 Å². The van der Waals surface area contributed by atoms with E-state index in [0.29, 0.717) is 0 Å². The Morgan fingerprint density at radius 1 is 1.28 bits per heavy atom. The van der Waals surface area contributed by atoms with E-state index in [1.807, 2.05) is 32.6 Å². The fraction of sp³-hybridized carbons (Fsp3) is 0.143. The number of hydrogen-bond acceptors (Lipinski definition) is 4. The van der Waals surface area contributed by atoms with Gasteiger partial charge in [0.1, 0.15) is 0 Å². The van der Waals surface area contributed by atoms with Crippen molar-refractivity contribution in [2.45, 2.75) is 0 Å². The molecule has 0 saturated heterocycles. The molecule has 0 spiro atoms. The number of nitrogens with one attached hydrogen (secondary N) is 1. The molecular formula is C14H15N3O. The summed E-state index contributed by atoms with van der Waals surface area (Å²) in [4.78, 5) is 7.25. The number of fused-ring (bicyclic) bond motifs is 1. The summed E-state index contributed by atoms with van der Waals surface area (Å²) in [6.45, 7) is 0. The van der Waals surface area contributed by atoms with Crippen LogP contribution in [-0.4, -0.2) is 19.2 Å². The number of hydroxylamine groups is 3. The third kappa shape index (κ3) is 1.87. The molecule has 0 amide bonds. The molecule has 18 heavy (non-hydrogen) atoms. The van der Waals surface area contributed by atoms with Crippen LogP contribution in [0.25, 0.3) is 5.57 Å². The van der Waals surface area contributed by atoms with Crippen LogP contribution < -0.4 is 10.4 Å². The lowest BCUT2D eigenvalue weighted by Gasteiger charge is -2.18. The third-order valence-corrected chi connectivity index (χ3v) is 3.00. The van der Waals surface area contributed by atoms with Crippen molar-refractivity contribution in [2.75, 3.05) is 19.0 Å². The second kappa shape index (κ2) is 4.23. The van der Waals surface area contributed by atoms with Crippen LogP contribution in [0.4, 0.5) is 5.69 Å². The zero-order chi connectivity index (χ0) is 12.5. The highest BCUT2D eigenvalue weighted by Crippen LogP contribution is 2.28. The molecule has 0 aliphatic carbocycles. The molecule has 4 nitrogen and oxygen atoms in total. The summed E-state index contributed by atoms with van der Waals surface area (Å²) < 4.78 is 0. The van der Waals surface area contributed by atoms with Crippen molar-refractivity contribution < 1.29 is 4.94 Å². The zero-order valence-electron chi connectivity index (χ0n) is 10.4. The fourth-order valence-corrected chi connectivity index (χ4v) is 1.98. The molecule has 0 fully saturated rings. The maximum Gasteiger partial charge on any atom is 0.0900 e. The molecule has 3 rings (SSSR count). The van der Waals surface area contributed by atoms with E-state index in [1.165, 1.54) is 16.8 Å². The van der Waals surface area contributed by atoms with E-state index in [0.717, 1.165) is 5.70 Å². The summed E-state index contributed by atoms with van der Waals surface area (Å²) in [7, 11) is 4.09. The summed E-state index contributed by atoms with van der Waals surface area (Å²) in [6.07, 6.45) is 7.87. The van der Waals surface area contributed by atoms with Gasteiger partial charge in [0.2, 0.25) is 0 Å². The molecule has 1 aromatic rings. The maximum absolute atomic E-state index is 5.15. The zero-order valence-corrected chi connectivity index (χ0v) is 10.4. The molecule has 0 bridgehead atoms. The van der Waals surface area contributed by atoms with Crippen LogP contribution in [0.15, 0.2) is 54.5 Å². The summed E-state index contributed by atoms with van der Waals surface area (Å²) in [5, 5.41) is 1.69. The van der Waals surface area contributed by atoms with Gasteiger partial charge in [-0.15, -0.1) is 0 Å². The number of rotatable bonds is 2. The molecule has 0 aromatic heterocycles. The van der Waals surface area contributed by atoms with E-state index in [9.17, 15) is 0 Å². The van der Waals surface area contributed by atoms with Gasteiger partial charge in [0.15, 0.2) is 0 Å². The third-order valence-electron chi connectivity index (χ3n) is 3.00. The highest BCUT2D eigenvalue weighted by atomic mass is 16.8. The van der Waals surface area contributed by atoms with Crippen LogP contribution >= 0.6 is 0 Å². The van der Waals surface area contributed by atoms with Gasteiger partial charge >= 0.3 is 0 Å².